The van der Waals surface area contributed by atoms with Crippen molar-refractivity contribution in [1.29, 1.82) is 0 Å². The Bertz CT molecular complexity index is 963. The maximum absolute atomic E-state index is 12.6. The van der Waals surface area contributed by atoms with Gasteiger partial charge in [0.2, 0.25) is 0 Å². The van der Waals surface area contributed by atoms with E-state index in [0.717, 1.165) is 5.56 Å². The number of carbonyl (C=O) groups excluding carboxylic acids is 1. The van der Waals surface area contributed by atoms with Crippen LogP contribution in [0.5, 0.6) is 17.2 Å². The van der Waals surface area contributed by atoms with Crippen LogP contribution in [-0.2, 0) is 6.54 Å². The number of nitrogens with one attached hydrogen (secondary N) is 1. The van der Waals surface area contributed by atoms with E-state index in [4.69, 9.17) is 32.7 Å². The Hall–Kier alpha value is -2.76. The molecule has 0 bridgehead atoms. The van der Waals surface area contributed by atoms with E-state index < -0.39 is 0 Å². The molecule has 3 aromatic rings. The first-order valence-electron chi connectivity index (χ1n) is 8.05. The number of benzene rings is 2. The minimum Gasteiger partial charge on any atom is -0.496 e. The molecule has 0 fully saturated rings. The molecule has 0 radical (unpaired) electrons. The highest BCUT2D eigenvalue weighted by atomic mass is 35.5. The Morgan fingerprint density at radius 1 is 1.07 bits per heavy atom. The van der Waals surface area contributed by atoms with Gasteiger partial charge < -0.3 is 14.8 Å². The largest absolute Gasteiger partial charge is 0.496 e. The first kappa shape index (κ1) is 19.0. The molecule has 0 aliphatic heterocycles. The Labute approximate surface area is 166 Å². The summed E-state index contributed by atoms with van der Waals surface area (Å²) in [5.74, 6) is 1.05. The van der Waals surface area contributed by atoms with E-state index in [9.17, 15) is 4.79 Å². The first-order valence-corrected chi connectivity index (χ1v) is 8.81. The standard InChI is InChI=1S/C20H16Cl2N2O3/c1-26-17-5-3-2-4-13(17)11-24-20(25)15-12-23-9-8-18(15)27-19-10-14(21)6-7-16(19)22/h2-10,12H,11H2,1H3,(H,24,25). The van der Waals surface area contributed by atoms with Crippen molar-refractivity contribution in [3.8, 4) is 17.2 Å². The van der Waals surface area contributed by atoms with E-state index in [1.54, 1.807) is 31.4 Å². The minimum atomic E-state index is -0.331. The molecule has 1 N–H and O–H groups in total. The van der Waals surface area contributed by atoms with Crippen LogP contribution in [0, 0.1) is 0 Å². The predicted octanol–water partition coefficient (Wildman–Crippen LogP) is 5.12. The van der Waals surface area contributed by atoms with Crippen molar-refractivity contribution in [3.05, 3.63) is 82.1 Å². The molecule has 5 nitrogen and oxygen atoms in total. The van der Waals surface area contributed by atoms with Crippen LogP contribution >= 0.6 is 23.2 Å². The van der Waals surface area contributed by atoms with Crippen LogP contribution in [0.4, 0.5) is 0 Å². The highest BCUT2D eigenvalue weighted by Crippen LogP contribution is 2.33. The molecular formula is C20H16Cl2N2O3. The number of halogens is 2. The van der Waals surface area contributed by atoms with E-state index >= 15 is 0 Å². The van der Waals surface area contributed by atoms with E-state index in [-0.39, 0.29) is 11.5 Å². The van der Waals surface area contributed by atoms with Crippen molar-refractivity contribution >= 4 is 29.1 Å². The highest BCUT2D eigenvalue weighted by molar-refractivity contribution is 6.34. The van der Waals surface area contributed by atoms with Crippen LogP contribution in [0.15, 0.2) is 60.9 Å². The van der Waals surface area contributed by atoms with Gasteiger partial charge in [0.1, 0.15) is 22.8 Å². The molecule has 0 aliphatic rings. The van der Waals surface area contributed by atoms with Crippen molar-refractivity contribution in [2.75, 3.05) is 7.11 Å². The fourth-order valence-electron chi connectivity index (χ4n) is 2.43. The number of para-hydroxylation sites is 1. The maximum atomic E-state index is 12.6. The van der Waals surface area contributed by atoms with Crippen LogP contribution < -0.4 is 14.8 Å². The van der Waals surface area contributed by atoms with Gasteiger partial charge in [0.25, 0.3) is 5.91 Å². The van der Waals surface area contributed by atoms with Gasteiger partial charge in [-0.1, -0.05) is 41.4 Å². The molecular weight excluding hydrogens is 387 g/mol. The zero-order chi connectivity index (χ0) is 19.2. The normalized spacial score (nSPS) is 10.3. The van der Waals surface area contributed by atoms with Crippen LogP contribution in [-0.4, -0.2) is 18.0 Å². The summed E-state index contributed by atoms with van der Waals surface area (Å²) in [5.41, 5.74) is 1.14. The van der Waals surface area contributed by atoms with Crippen LogP contribution in [0.25, 0.3) is 0 Å². The van der Waals surface area contributed by atoms with Crippen LogP contribution in [0.1, 0.15) is 15.9 Å². The van der Waals surface area contributed by atoms with Crippen molar-refractivity contribution in [1.82, 2.24) is 10.3 Å². The molecule has 0 atom stereocenters. The summed E-state index contributed by atoms with van der Waals surface area (Å²) in [6.45, 7) is 0.301. The van der Waals surface area contributed by atoms with Crippen molar-refractivity contribution in [2.24, 2.45) is 0 Å². The third-order valence-electron chi connectivity index (χ3n) is 3.77. The third kappa shape index (κ3) is 4.70. The van der Waals surface area contributed by atoms with Gasteiger partial charge in [0, 0.05) is 35.6 Å². The van der Waals surface area contributed by atoms with Gasteiger partial charge in [-0.3, -0.25) is 9.78 Å². The Kier molecular flexibility index (Phi) is 6.16. The Morgan fingerprint density at radius 2 is 1.89 bits per heavy atom. The van der Waals surface area contributed by atoms with Crippen LogP contribution in [0.3, 0.4) is 0 Å². The van der Waals surface area contributed by atoms with E-state index in [1.807, 2.05) is 24.3 Å². The SMILES string of the molecule is COc1ccccc1CNC(=O)c1cnccc1Oc1cc(Cl)ccc1Cl. The summed E-state index contributed by atoms with van der Waals surface area (Å²) in [7, 11) is 1.59. The Morgan fingerprint density at radius 3 is 2.70 bits per heavy atom. The van der Waals surface area contributed by atoms with Gasteiger partial charge in [0.05, 0.1) is 12.1 Å². The molecule has 1 heterocycles. The summed E-state index contributed by atoms with van der Waals surface area (Å²) in [5, 5.41) is 3.71. The third-order valence-corrected chi connectivity index (χ3v) is 4.32. The van der Waals surface area contributed by atoms with E-state index in [1.165, 1.54) is 12.4 Å². The number of amides is 1. The second-order valence-electron chi connectivity index (χ2n) is 5.54. The maximum Gasteiger partial charge on any atom is 0.256 e. The molecule has 0 saturated carbocycles. The van der Waals surface area contributed by atoms with Gasteiger partial charge in [-0.15, -0.1) is 0 Å². The van der Waals surface area contributed by atoms with Gasteiger partial charge in [-0.05, 0) is 24.3 Å². The molecule has 138 valence electrons. The number of pyridine rings is 1. The molecule has 1 amide bonds. The van der Waals surface area contributed by atoms with Crippen molar-refractivity contribution < 1.29 is 14.3 Å². The predicted molar refractivity (Wildman–Crippen MR) is 105 cm³/mol. The number of hydrogen-bond acceptors (Lipinski definition) is 4. The topological polar surface area (TPSA) is 60.5 Å². The lowest BCUT2D eigenvalue weighted by atomic mass is 10.2. The average molecular weight is 403 g/mol. The quantitative estimate of drug-likeness (QED) is 0.621. The summed E-state index contributed by atoms with van der Waals surface area (Å²) >= 11 is 12.1. The van der Waals surface area contributed by atoms with E-state index in [0.29, 0.717) is 33.8 Å². The number of aromatic nitrogens is 1. The molecule has 2 aromatic carbocycles. The smallest absolute Gasteiger partial charge is 0.256 e. The van der Waals surface area contributed by atoms with Gasteiger partial charge >= 0.3 is 0 Å². The average Bonchev–Trinajstić information content (AvgIpc) is 2.69. The highest BCUT2D eigenvalue weighted by Gasteiger charge is 2.15. The second kappa shape index (κ2) is 8.75. The minimum absolute atomic E-state index is 0.281. The lowest BCUT2D eigenvalue weighted by molar-refractivity contribution is 0.0948. The van der Waals surface area contributed by atoms with Crippen LogP contribution in [0.2, 0.25) is 10.0 Å². The van der Waals surface area contributed by atoms with Crippen molar-refractivity contribution in [3.63, 3.8) is 0 Å². The molecule has 3 rings (SSSR count). The number of rotatable bonds is 6. The number of methoxy groups -OCH3 is 1. The second-order valence-corrected chi connectivity index (χ2v) is 6.39. The zero-order valence-electron chi connectivity index (χ0n) is 14.4. The first-order chi connectivity index (χ1) is 13.1. The van der Waals surface area contributed by atoms with Gasteiger partial charge in [-0.2, -0.15) is 0 Å². The molecule has 0 unspecified atom stereocenters. The molecule has 0 saturated heterocycles. The fourth-order valence-corrected chi connectivity index (χ4v) is 2.75. The zero-order valence-corrected chi connectivity index (χ0v) is 15.9. The summed E-state index contributed by atoms with van der Waals surface area (Å²) in [4.78, 5) is 16.7. The summed E-state index contributed by atoms with van der Waals surface area (Å²) in [6, 6.07) is 13.9. The van der Waals surface area contributed by atoms with E-state index in [2.05, 4.69) is 10.3 Å². The molecule has 0 aliphatic carbocycles. The molecule has 7 heteroatoms. The summed E-state index contributed by atoms with van der Waals surface area (Å²) in [6.07, 6.45) is 2.97. The molecule has 1 aromatic heterocycles. The number of carbonyl (C=O) groups is 1. The van der Waals surface area contributed by atoms with Crippen molar-refractivity contribution in [2.45, 2.75) is 6.54 Å². The molecule has 0 spiro atoms. The Balaban J connectivity index is 1.78. The lowest BCUT2D eigenvalue weighted by Gasteiger charge is -2.13. The van der Waals surface area contributed by atoms with Gasteiger partial charge in [-0.25, -0.2) is 0 Å². The molecule has 27 heavy (non-hydrogen) atoms. The number of hydrogen-bond donors (Lipinski definition) is 1. The number of nitrogens with zero attached hydrogens (tertiary/aromatic N) is 1. The summed E-state index contributed by atoms with van der Waals surface area (Å²) < 4.78 is 11.1. The monoisotopic (exact) mass is 402 g/mol. The van der Waals surface area contributed by atoms with Gasteiger partial charge in [0.15, 0.2) is 0 Å². The fraction of sp³-hybridized carbons (Fsp3) is 0.100. The number of ether oxygens (including phenoxy) is 2. The lowest BCUT2D eigenvalue weighted by Crippen LogP contribution is -2.23.